The monoisotopic (exact) mass is 365 g/mol. The van der Waals surface area contributed by atoms with Crippen LogP contribution >= 0.6 is 0 Å². The Morgan fingerprint density at radius 1 is 1.23 bits per heavy atom. The second-order valence-corrected chi connectivity index (χ2v) is 5.50. The molecule has 0 aliphatic heterocycles. The van der Waals surface area contributed by atoms with Gasteiger partial charge in [-0.2, -0.15) is 0 Å². The van der Waals surface area contributed by atoms with Crippen molar-refractivity contribution in [3.63, 3.8) is 0 Å². The minimum absolute atomic E-state index is 0.0148. The van der Waals surface area contributed by atoms with Crippen molar-refractivity contribution in [2.24, 2.45) is 0 Å². The predicted molar refractivity (Wildman–Crippen MR) is 92.8 cm³/mol. The average Bonchev–Trinajstić information content (AvgIpc) is 2.62. The predicted octanol–water partition coefficient (Wildman–Crippen LogP) is -0.137. The first-order valence-corrected chi connectivity index (χ1v) is 7.95. The van der Waals surface area contributed by atoms with Crippen LogP contribution in [0.2, 0.25) is 0 Å². The summed E-state index contributed by atoms with van der Waals surface area (Å²) >= 11 is 0. The van der Waals surface area contributed by atoms with Gasteiger partial charge in [0.2, 0.25) is 11.8 Å². The molecule has 1 rings (SSSR count). The molecule has 0 radical (unpaired) electrons. The van der Waals surface area contributed by atoms with Crippen LogP contribution < -0.4 is 15.4 Å². The Balaban J connectivity index is 2.70. The summed E-state index contributed by atoms with van der Waals surface area (Å²) in [6.07, 6.45) is 0. The number of nitrogens with zero attached hydrogens (tertiary/aromatic N) is 1. The fourth-order valence-corrected chi connectivity index (χ4v) is 2.14. The molecule has 0 bridgehead atoms. The van der Waals surface area contributed by atoms with E-state index in [-0.39, 0.29) is 25.5 Å². The number of carboxylic acid groups (broad SMARTS) is 1. The molecule has 0 heterocycles. The number of hydrogen-bond acceptors (Lipinski definition) is 5. The highest BCUT2D eigenvalue weighted by molar-refractivity contribution is 5.97. The number of methoxy groups -OCH3 is 1. The highest BCUT2D eigenvalue weighted by Gasteiger charge is 2.25. The first kappa shape index (κ1) is 20.9. The van der Waals surface area contributed by atoms with Gasteiger partial charge in [0.15, 0.2) is 0 Å². The molecule has 3 amide bonds. The lowest BCUT2D eigenvalue weighted by Gasteiger charge is -2.26. The molecule has 9 heteroatoms. The molecule has 0 aliphatic carbocycles. The number of rotatable bonds is 9. The van der Waals surface area contributed by atoms with Crippen LogP contribution in [0.15, 0.2) is 24.3 Å². The molecule has 3 N–H and O–H groups in total. The Kier molecular flexibility index (Phi) is 8.07. The fourth-order valence-electron chi connectivity index (χ4n) is 2.14. The van der Waals surface area contributed by atoms with Gasteiger partial charge in [0.1, 0.15) is 11.8 Å². The summed E-state index contributed by atoms with van der Waals surface area (Å²) in [6, 6.07) is 5.32. The molecule has 0 saturated carbocycles. The molecular weight excluding hydrogens is 342 g/mol. The van der Waals surface area contributed by atoms with E-state index in [9.17, 15) is 19.2 Å². The number of hydrogen-bond donors (Lipinski definition) is 3. The van der Waals surface area contributed by atoms with Crippen LogP contribution in [0.4, 0.5) is 0 Å². The zero-order chi connectivity index (χ0) is 19.7. The second-order valence-electron chi connectivity index (χ2n) is 5.50. The zero-order valence-corrected chi connectivity index (χ0v) is 14.9. The van der Waals surface area contributed by atoms with Crippen LogP contribution in [0.25, 0.3) is 0 Å². The quantitative estimate of drug-likeness (QED) is 0.559. The van der Waals surface area contributed by atoms with Crippen molar-refractivity contribution in [3.8, 4) is 5.75 Å². The van der Waals surface area contributed by atoms with Crippen molar-refractivity contribution in [3.05, 3.63) is 29.8 Å². The zero-order valence-electron chi connectivity index (χ0n) is 14.9. The first-order chi connectivity index (χ1) is 12.3. The lowest BCUT2D eigenvalue weighted by Crippen LogP contribution is -2.50. The number of benzene rings is 1. The maximum Gasteiger partial charge on any atom is 0.326 e. The minimum atomic E-state index is -1.18. The van der Waals surface area contributed by atoms with Gasteiger partial charge in [0.25, 0.3) is 5.91 Å². The van der Waals surface area contributed by atoms with E-state index in [0.29, 0.717) is 11.3 Å². The number of amides is 3. The lowest BCUT2D eigenvalue weighted by atomic mass is 10.2. The van der Waals surface area contributed by atoms with Gasteiger partial charge in [0, 0.05) is 25.6 Å². The second kappa shape index (κ2) is 10.0. The number of carboxylic acids is 1. The van der Waals surface area contributed by atoms with Crippen LogP contribution in [0.1, 0.15) is 24.2 Å². The Morgan fingerprint density at radius 3 is 2.50 bits per heavy atom. The van der Waals surface area contributed by atoms with E-state index >= 15 is 0 Å². The van der Waals surface area contributed by atoms with Crippen molar-refractivity contribution < 1.29 is 29.0 Å². The molecule has 0 aromatic heterocycles. The summed E-state index contributed by atoms with van der Waals surface area (Å²) in [5.74, 6) is -2.02. The highest BCUT2D eigenvalue weighted by Crippen LogP contribution is 2.12. The number of nitrogens with one attached hydrogen (secondary N) is 2. The number of ether oxygens (including phenoxy) is 1. The molecule has 142 valence electrons. The molecule has 26 heavy (non-hydrogen) atoms. The smallest absolute Gasteiger partial charge is 0.326 e. The molecule has 0 saturated heterocycles. The van der Waals surface area contributed by atoms with Crippen LogP contribution in [-0.2, 0) is 14.4 Å². The van der Waals surface area contributed by atoms with Gasteiger partial charge in [-0.1, -0.05) is 6.07 Å². The Hall–Kier alpha value is -3.10. The van der Waals surface area contributed by atoms with Gasteiger partial charge >= 0.3 is 5.97 Å². The lowest BCUT2D eigenvalue weighted by molar-refractivity contribution is -0.149. The van der Waals surface area contributed by atoms with Gasteiger partial charge in [-0.05, 0) is 25.1 Å². The van der Waals surface area contributed by atoms with Gasteiger partial charge < -0.3 is 25.4 Å². The Labute approximate surface area is 151 Å². The van der Waals surface area contributed by atoms with E-state index in [4.69, 9.17) is 9.84 Å². The van der Waals surface area contributed by atoms with Gasteiger partial charge in [-0.15, -0.1) is 0 Å². The van der Waals surface area contributed by atoms with E-state index in [1.54, 1.807) is 18.2 Å². The van der Waals surface area contributed by atoms with E-state index in [2.05, 4.69) is 10.6 Å². The van der Waals surface area contributed by atoms with Crippen LogP contribution in [0.5, 0.6) is 5.75 Å². The third-order valence-electron chi connectivity index (χ3n) is 3.60. The SMILES string of the molecule is COc1cccc(C(=O)NCC(=O)N(CCNC(C)=O)C(C)C(=O)O)c1. The number of carbonyl (C=O) groups excluding carboxylic acids is 3. The third kappa shape index (κ3) is 6.42. The summed E-state index contributed by atoms with van der Waals surface area (Å²) in [5, 5.41) is 14.1. The van der Waals surface area contributed by atoms with Crippen LogP contribution in [-0.4, -0.2) is 66.5 Å². The van der Waals surface area contributed by atoms with Crippen molar-refractivity contribution in [1.82, 2.24) is 15.5 Å². The molecule has 0 fully saturated rings. The normalized spacial score (nSPS) is 11.2. The van der Waals surface area contributed by atoms with E-state index < -0.39 is 23.8 Å². The summed E-state index contributed by atoms with van der Waals surface area (Å²) in [6.45, 7) is 2.44. The number of aliphatic carboxylic acids is 1. The molecule has 1 aromatic carbocycles. The number of carbonyl (C=O) groups is 4. The fraction of sp³-hybridized carbons (Fsp3) is 0.412. The molecule has 0 spiro atoms. The van der Waals surface area contributed by atoms with Gasteiger partial charge in [-0.3, -0.25) is 14.4 Å². The Bertz CT molecular complexity index is 676. The standard InChI is InChI=1S/C17H23N3O6/c1-11(17(24)25)20(8-7-18-12(2)21)15(22)10-19-16(23)13-5-4-6-14(9-13)26-3/h4-6,9,11H,7-8,10H2,1-3H3,(H,18,21)(H,19,23)(H,24,25). The summed E-state index contributed by atoms with van der Waals surface area (Å²) in [5.41, 5.74) is 0.313. The van der Waals surface area contributed by atoms with Crippen molar-refractivity contribution in [2.75, 3.05) is 26.7 Å². The van der Waals surface area contributed by atoms with E-state index in [1.165, 1.54) is 27.0 Å². The van der Waals surface area contributed by atoms with E-state index in [0.717, 1.165) is 4.90 Å². The average molecular weight is 365 g/mol. The van der Waals surface area contributed by atoms with Gasteiger partial charge in [0.05, 0.1) is 13.7 Å². The molecule has 1 aromatic rings. The molecule has 9 nitrogen and oxygen atoms in total. The molecule has 0 aliphatic rings. The molecular formula is C17H23N3O6. The maximum atomic E-state index is 12.3. The topological polar surface area (TPSA) is 125 Å². The van der Waals surface area contributed by atoms with Crippen LogP contribution in [0, 0.1) is 0 Å². The van der Waals surface area contributed by atoms with Crippen molar-refractivity contribution in [1.29, 1.82) is 0 Å². The van der Waals surface area contributed by atoms with Crippen molar-refractivity contribution in [2.45, 2.75) is 19.9 Å². The summed E-state index contributed by atoms with van der Waals surface area (Å²) < 4.78 is 5.04. The summed E-state index contributed by atoms with van der Waals surface area (Å²) in [7, 11) is 1.47. The van der Waals surface area contributed by atoms with Gasteiger partial charge in [-0.25, -0.2) is 4.79 Å². The molecule has 1 atom stereocenters. The first-order valence-electron chi connectivity index (χ1n) is 7.95. The summed E-state index contributed by atoms with van der Waals surface area (Å²) in [4.78, 5) is 47.7. The van der Waals surface area contributed by atoms with Crippen LogP contribution in [0.3, 0.4) is 0 Å². The molecule has 1 unspecified atom stereocenters. The minimum Gasteiger partial charge on any atom is -0.497 e. The van der Waals surface area contributed by atoms with Crippen molar-refractivity contribution >= 4 is 23.7 Å². The highest BCUT2D eigenvalue weighted by atomic mass is 16.5. The largest absolute Gasteiger partial charge is 0.497 e. The third-order valence-corrected chi connectivity index (χ3v) is 3.60. The van der Waals surface area contributed by atoms with E-state index in [1.807, 2.05) is 0 Å². The maximum absolute atomic E-state index is 12.3. The Morgan fingerprint density at radius 2 is 1.92 bits per heavy atom.